The average Bonchev–Trinajstić information content (AvgIpc) is 2.36. The number of benzene rings is 1. The monoisotopic (exact) mass is 329 g/mol. The molecule has 0 aliphatic carbocycles. The molecule has 0 saturated carbocycles. The number of carboxylic acid groups (broad SMARTS) is 1. The number of hydrogen-bond donors (Lipinski definition) is 3. The summed E-state index contributed by atoms with van der Waals surface area (Å²) in [6.07, 6.45) is 0.709. The highest BCUT2D eigenvalue weighted by Crippen LogP contribution is 2.24. The molecule has 5 nitrogen and oxygen atoms in total. The van der Waals surface area contributed by atoms with Crippen LogP contribution < -0.4 is 5.32 Å². The van der Waals surface area contributed by atoms with Crippen LogP contribution in [0.1, 0.15) is 30.1 Å². The van der Waals surface area contributed by atoms with Crippen LogP contribution >= 0.6 is 15.9 Å². The molecule has 0 spiro atoms. The van der Waals surface area contributed by atoms with Crippen molar-refractivity contribution in [2.24, 2.45) is 5.92 Å². The van der Waals surface area contributed by atoms with Crippen LogP contribution in [0.5, 0.6) is 5.75 Å². The Kier molecular flexibility index (Phi) is 5.82. The Labute approximate surface area is 119 Å². The van der Waals surface area contributed by atoms with Gasteiger partial charge in [0.25, 0.3) is 5.91 Å². The van der Waals surface area contributed by atoms with Gasteiger partial charge in [-0.05, 0) is 40.0 Å². The normalized spacial score (nSPS) is 11.9. The van der Waals surface area contributed by atoms with Gasteiger partial charge in [-0.3, -0.25) is 9.59 Å². The quantitative estimate of drug-likeness (QED) is 0.747. The Morgan fingerprint density at radius 1 is 1.42 bits per heavy atom. The number of aliphatic carboxylic acids is 1. The maximum Gasteiger partial charge on any atom is 0.303 e. The highest BCUT2D eigenvalue weighted by molar-refractivity contribution is 9.10. The summed E-state index contributed by atoms with van der Waals surface area (Å²) in [5.41, 5.74) is 0.339. The lowest BCUT2D eigenvalue weighted by Gasteiger charge is -2.13. The van der Waals surface area contributed by atoms with Crippen molar-refractivity contribution in [1.82, 2.24) is 5.32 Å². The van der Waals surface area contributed by atoms with E-state index in [0.29, 0.717) is 23.0 Å². The Morgan fingerprint density at radius 2 is 2.11 bits per heavy atom. The van der Waals surface area contributed by atoms with Crippen LogP contribution in [0.3, 0.4) is 0 Å². The minimum atomic E-state index is -0.873. The van der Waals surface area contributed by atoms with Crippen molar-refractivity contribution in [3.05, 3.63) is 28.2 Å². The fraction of sp³-hybridized carbons (Fsp3) is 0.385. The molecule has 1 aromatic rings. The van der Waals surface area contributed by atoms with Crippen LogP contribution in [-0.2, 0) is 4.79 Å². The third-order valence-electron chi connectivity index (χ3n) is 2.80. The van der Waals surface area contributed by atoms with E-state index in [4.69, 9.17) is 5.11 Å². The fourth-order valence-corrected chi connectivity index (χ4v) is 1.85. The summed E-state index contributed by atoms with van der Waals surface area (Å²) >= 11 is 3.13. The summed E-state index contributed by atoms with van der Waals surface area (Å²) in [6, 6.07) is 4.52. The van der Waals surface area contributed by atoms with Crippen molar-refractivity contribution < 1.29 is 19.8 Å². The molecule has 1 unspecified atom stereocenters. The molecule has 19 heavy (non-hydrogen) atoms. The van der Waals surface area contributed by atoms with Gasteiger partial charge < -0.3 is 15.5 Å². The van der Waals surface area contributed by atoms with Gasteiger partial charge in [-0.25, -0.2) is 0 Å². The third kappa shape index (κ3) is 4.90. The Bertz CT molecular complexity index is 476. The molecule has 104 valence electrons. The zero-order valence-corrected chi connectivity index (χ0v) is 12.1. The molecular weight excluding hydrogens is 314 g/mol. The van der Waals surface area contributed by atoms with Crippen LogP contribution in [0.2, 0.25) is 0 Å². The SMILES string of the molecule is CCC(CNC(=O)c1ccc(Br)c(O)c1)CC(=O)O. The number of amides is 1. The number of halogens is 1. The molecule has 1 amide bonds. The van der Waals surface area contributed by atoms with Crippen molar-refractivity contribution in [3.63, 3.8) is 0 Å². The van der Waals surface area contributed by atoms with Crippen LogP contribution in [0.15, 0.2) is 22.7 Å². The first-order valence-electron chi connectivity index (χ1n) is 5.92. The van der Waals surface area contributed by atoms with E-state index in [1.54, 1.807) is 12.1 Å². The summed E-state index contributed by atoms with van der Waals surface area (Å²) in [5.74, 6) is -1.30. The molecule has 0 aromatic heterocycles. The fourth-order valence-electron chi connectivity index (χ4n) is 1.60. The Hall–Kier alpha value is -1.56. The maximum atomic E-state index is 11.8. The summed E-state index contributed by atoms with van der Waals surface area (Å²) in [7, 11) is 0. The number of carbonyl (C=O) groups is 2. The molecular formula is C13H16BrNO4. The van der Waals surface area contributed by atoms with Crippen LogP contribution in [0.25, 0.3) is 0 Å². The second-order valence-corrected chi connectivity index (χ2v) is 5.10. The molecule has 3 N–H and O–H groups in total. The van der Waals surface area contributed by atoms with Crippen LogP contribution in [-0.4, -0.2) is 28.6 Å². The largest absolute Gasteiger partial charge is 0.507 e. The molecule has 1 atom stereocenters. The van der Waals surface area contributed by atoms with Crippen molar-refractivity contribution in [2.75, 3.05) is 6.54 Å². The van der Waals surface area contributed by atoms with E-state index < -0.39 is 5.97 Å². The first kappa shape index (κ1) is 15.5. The molecule has 0 heterocycles. The first-order valence-corrected chi connectivity index (χ1v) is 6.71. The summed E-state index contributed by atoms with van der Waals surface area (Å²) in [5, 5.41) is 20.9. The van der Waals surface area contributed by atoms with Gasteiger partial charge in [-0.1, -0.05) is 13.3 Å². The van der Waals surface area contributed by atoms with Crippen molar-refractivity contribution in [2.45, 2.75) is 19.8 Å². The number of phenolic OH excluding ortho intramolecular Hbond substituents is 1. The van der Waals surface area contributed by atoms with Gasteiger partial charge in [-0.15, -0.1) is 0 Å². The number of carboxylic acids is 1. The summed E-state index contributed by atoms with van der Waals surface area (Å²) < 4.78 is 0.515. The number of aromatic hydroxyl groups is 1. The van der Waals surface area contributed by atoms with Crippen molar-refractivity contribution >= 4 is 27.8 Å². The van der Waals surface area contributed by atoms with Gasteiger partial charge in [0.15, 0.2) is 0 Å². The summed E-state index contributed by atoms with van der Waals surface area (Å²) in [4.78, 5) is 22.4. The average molecular weight is 330 g/mol. The van der Waals surface area contributed by atoms with Gasteiger partial charge in [0.05, 0.1) is 4.47 Å². The Morgan fingerprint density at radius 3 is 2.63 bits per heavy atom. The van der Waals surface area contributed by atoms with E-state index in [0.717, 1.165) is 0 Å². The third-order valence-corrected chi connectivity index (χ3v) is 3.47. The molecule has 0 fully saturated rings. The lowest BCUT2D eigenvalue weighted by atomic mass is 10.0. The van der Waals surface area contributed by atoms with E-state index in [1.807, 2.05) is 6.92 Å². The van der Waals surface area contributed by atoms with Gasteiger partial charge >= 0.3 is 5.97 Å². The highest BCUT2D eigenvalue weighted by atomic mass is 79.9. The second-order valence-electron chi connectivity index (χ2n) is 4.25. The van der Waals surface area contributed by atoms with Gasteiger partial charge in [0.1, 0.15) is 5.75 Å². The minimum absolute atomic E-state index is 0.00905. The highest BCUT2D eigenvalue weighted by Gasteiger charge is 2.14. The second kappa shape index (κ2) is 7.13. The zero-order chi connectivity index (χ0) is 14.4. The molecule has 0 aliphatic rings. The number of rotatable bonds is 6. The zero-order valence-electron chi connectivity index (χ0n) is 10.5. The lowest BCUT2D eigenvalue weighted by molar-refractivity contribution is -0.138. The number of nitrogens with one attached hydrogen (secondary N) is 1. The van der Waals surface area contributed by atoms with E-state index >= 15 is 0 Å². The standard InChI is InChI=1S/C13H16BrNO4/c1-2-8(5-12(17)18)7-15-13(19)9-3-4-10(14)11(16)6-9/h3-4,6,8,16H,2,5,7H2,1H3,(H,15,19)(H,17,18). The predicted octanol–water partition coefficient (Wildman–Crippen LogP) is 2.39. The van der Waals surface area contributed by atoms with Gasteiger partial charge in [0, 0.05) is 18.5 Å². The molecule has 1 rings (SSSR count). The predicted molar refractivity (Wildman–Crippen MR) is 74.2 cm³/mol. The number of carbonyl (C=O) groups excluding carboxylic acids is 1. The maximum absolute atomic E-state index is 11.8. The molecule has 1 aromatic carbocycles. The number of phenols is 1. The van der Waals surface area contributed by atoms with Crippen LogP contribution in [0.4, 0.5) is 0 Å². The molecule has 0 radical (unpaired) electrons. The van der Waals surface area contributed by atoms with E-state index in [-0.39, 0.29) is 24.0 Å². The topological polar surface area (TPSA) is 86.6 Å². The van der Waals surface area contributed by atoms with Crippen molar-refractivity contribution in [1.29, 1.82) is 0 Å². The van der Waals surface area contributed by atoms with E-state index in [9.17, 15) is 14.7 Å². The lowest BCUT2D eigenvalue weighted by Crippen LogP contribution is -2.30. The van der Waals surface area contributed by atoms with Crippen molar-refractivity contribution in [3.8, 4) is 5.75 Å². The minimum Gasteiger partial charge on any atom is -0.507 e. The Balaban J connectivity index is 2.59. The molecule has 6 heteroatoms. The van der Waals surface area contributed by atoms with Gasteiger partial charge in [0.2, 0.25) is 0 Å². The molecule has 0 bridgehead atoms. The van der Waals surface area contributed by atoms with E-state index in [1.165, 1.54) is 6.07 Å². The smallest absolute Gasteiger partial charge is 0.303 e. The molecule has 0 saturated heterocycles. The first-order chi connectivity index (χ1) is 8.93. The van der Waals surface area contributed by atoms with E-state index in [2.05, 4.69) is 21.2 Å². The molecule has 0 aliphatic heterocycles. The number of hydrogen-bond acceptors (Lipinski definition) is 3. The summed E-state index contributed by atoms with van der Waals surface area (Å²) in [6.45, 7) is 2.18. The van der Waals surface area contributed by atoms with Gasteiger partial charge in [-0.2, -0.15) is 0 Å². The van der Waals surface area contributed by atoms with Crippen LogP contribution in [0, 0.1) is 5.92 Å².